The van der Waals surface area contributed by atoms with Gasteiger partial charge in [0.05, 0.1) is 0 Å². The summed E-state index contributed by atoms with van der Waals surface area (Å²) in [5, 5.41) is 0. The molecule has 162 valence electrons. The van der Waals surface area contributed by atoms with E-state index in [9.17, 15) is 0 Å². The summed E-state index contributed by atoms with van der Waals surface area (Å²) in [6.07, 6.45) is 0. The zero-order chi connectivity index (χ0) is 19.8. The van der Waals surface area contributed by atoms with Crippen molar-refractivity contribution in [3.63, 3.8) is 0 Å². The van der Waals surface area contributed by atoms with Crippen LogP contribution in [0, 0.1) is 0 Å². The van der Waals surface area contributed by atoms with Gasteiger partial charge in [-0.1, -0.05) is 79.6 Å². The largest absolute Gasteiger partial charge is 2.00 e. The van der Waals surface area contributed by atoms with Gasteiger partial charge in [-0.05, 0) is 5.92 Å². The van der Waals surface area contributed by atoms with Crippen LogP contribution in [0.5, 0.6) is 0 Å². The van der Waals surface area contributed by atoms with Crippen LogP contribution in [0.15, 0.2) is 42.5 Å². The normalized spacial score (nSPS) is 8.75. The van der Waals surface area contributed by atoms with E-state index in [4.69, 9.17) is 0 Å². The van der Waals surface area contributed by atoms with E-state index in [-0.39, 0.29) is 51.0 Å². The molecule has 0 aliphatic rings. The van der Waals surface area contributed by atoms with E-state index in [2.05, 4.69) is 110 Å². The van der Waals surface area contributed by atoms with Gasteiger partial charge in [-0.15, -0.1) is 24.8 Å². The predicted octanol–water partition coefficient (Wildman–Crippen LogP) is 8.06. The fourth-order valence-corrected chi connectivity index (χ4v) is 1.97. The number of rotatable bonds is 3. The summed E-state index contributed by atoms with van der Waals surface area (Å²) in [5.74, 6) is 2.02. The Hall–Kier alpha value is 0.597. The molecule has 28 heavy (non-hydrogen) atoms. The molecule has 0 saturated carbocycles. The predicted molar refractivity (Wildman–Crippen MR) is 139 cm³/mol. The molecule has 0 fully saturated rings. The van der Waals surface area contributed by atoms with Crippen LogP contribution in [-0.2, 0) is 26.2 Å². The quantitative estimate of drug-likeness (QED) is 0.274. The van der Waals surface area contributed by atoms with Crippen LogP contribution in [0.3, 0.4) is 0 Å². The minimum absolute atomic E-state index is 0. The van der Waals surface area contributed by atoms with Crippen molar-refractivity contribution in [2.75, 3.05) is 0 Å². The molecule has 0 N–H and O–H groups in total. The Morgan fingerprint density at radius 1 is 0.714 bits per heavy atom. The van der Waals surface area contributed by atoms with Crippen LogP contribution in [-0.4, -0.2) is 19.0 Å². The zero-order valence-corrected chi connectivity index (χ0v) is 26.1. The van der Waals surface area contributed by atoms with Crippen molar-refractivity contribution >= 4 is 43.9 Å². The summed E-state index contributed by atoms with van der Waals surface area (Å²) in [7, 11) is 1.50. The first-order valence-electron chi connectivity index (χ1n) is 9.70. The number of hydrogen-bond acceptors (Lipinski definition) is 0. The van der Waals surface area contributed by atoms with Gasteiger partial charge in [-0.25, -0.2) is 12.1 Å². The van der Waals surface area contributed by atoms with Gasteiger partial charge in [-0.3, -0.25) is 0 Å². The molecule has 0 nitrogen and oxygen atoms in total. The smallest absolute Gasteiger partial charge is 0.210 e. The average Bonchev–Trinajstić information content (AvgIpc) is 3.22. The Bertz CT molecular complexity index is 468. The van der Waals surface area contributed by atoms with Crippen LogP contribution >= 0.6 is 24.8 Å². The summed E-state index contributed by atoms with van der Waals surface area (Å²) in [4.78, 5) is 0. The second kappa shape index (κ2) is 25.6. The standard InChI is InChI=1S/C11H17.C8H11.2C2H7Si.2ClH.Zr/c1-8(2)10-5-6-11(7-10)9(3)4;1-7(2)8-5-3-4-6-8;2*1-3-2;;;/h5-9H,1-4H3;3-7H,1-2H3;2*3H,1-2H3;2*1H;/q2*-1;;;;;+2. The third-order valence-corrected chi connectivity index (χ3v) is 3.49. The van der Waals surface area contributed by atoms with E-state index in [0.717, 1.165) is 19.0 Å². The number of hydrogen-bond donors (Lipinski definition) is 0. The van der Waals surface area contributed by atoms with Crippen molar-refractivity contribution in [1.29, 1.82) is 0 Å². The summed E-state index contributed by atoms with van der Waals surface area (Å²) in [6, 6.07) is 15.3. The van der Waals surface area contributed by atoms with Gasteiger partial charge in [0.15, 0.2) is 0 Å². The Kier molecular flexibility index (Phi) is 35.8. The van der Waals surface area contributed by atoms with Crippen molar-refractivity contribution in [2.24, 2.45) is 0 Å². The van der Waals surface area contributed by atoms with Crippen LogP contribution in [0.2, 0.25) is 26.2 Å². The third-order valence-electron chi connectivity index (χ3n) is 3.49. The van der Waals surface area contributed by atoms with Crippen LogP contribution in [0.25, 0.3) is 0 Å². The molecule has 0 spiro atoms. The van der Waals surface area contributed by atoms with E-state index in [1.54, 1.807) is 0 Å². The summed E-state index contributed by atoms with van der Waals surface area (Å²) < 4.78 is 0. The summed E-state index contributed by atoms with van der Waals surface area (Å²) in [5.41, 5.74) is 4.37. The topological polar surface area (TPSA) is 0 Å². The molecule has 0 atom stereocenters. The molecule has 2 aromatic carbocycles. The first-order valence-corrected chi connectivity index (χ1v) is 14.3. The van der Waals surface area contributed by atoms with Crippen molar-refractivity contribution in [1.82, 2.24) is 0 Å². The maximum Gasteiger partial charge on any atom is 2.00 e. The molecule has 5 heteroatoms. The maximum atomic E-state index is 2.31. The van der Waals surface area contributed by atoms with Crippen LogP contribution in [0.4, 0.5) is 0 Å². The second-order valence-electron chi connectivity index (χ2n) is 7.31. The van der Waals surface area contributed by atoms with E-state index >= 15 is 0 Å². The maximum absolute atomic E-state index is 2.31. The van der Waals surface area contributed by atoms with Crippen molar-refractivity contribution in [2.45, 2.75) is 85.5 Å². The molecule has 2 radical (unpaired) electrons. The Morgan fingerprint density at radius 3 is 1.32 bits per heavy atom. The average molecular weight is 539 g/mol. The fourth-order valence-electron chi connectivity index (χ4n) is 1.97. The first-order chi connectivity index (χ1) is 11.7. The van der Waals surface area contributed by atoms with E-state index in [1.807, 2.05) is 0 Å². The van der Waals surface area contributed by atoms with Gasteiger partial charge in [-0.2, -0.15) is 47.0 Å². The van der Waals surface area contributed by atoms with Gasteiger partial charge < -0.3 is 0 Å². The molecular weight excluding hydrogens is 495 g/mol. The fraction of sp³-hybridized carbons (Fsp3) is 0.565. The molecular formula is C23H44Cl2Si2Zr. The van der Waals surface area contributed by atoms with E-state index in [0.29, 0.717) is 17.8 Å². The molecule has 2 aromatic rings. The Morgan fingerprint density at radius 2 is 1.14 bits per heavy atom. The monoisotopic (exact) mass is 536 g/mol. The van der Waals surface area contributed by atoms with Crippen LogP contribution < -0.4 is 0 Å². The summed E-state index contributed by atoms with van der Waals surface area (Å²) in [6.45, 7) is 22.2. The van der Waals surface area contributed by atoms with Gasteiger partial charge in [0.25, 0.3) is 0 Å². The number of halogens is 2. The molecule has 0 bridgehead atoms. The molecule has 0 amide bonds. The summed E-state index contributed by atoms with van der Waals surface area (Å²) >= 11 is 0. The van der Waals surface area contributed by atoms with Crippen molar-refractivity contribution < 1.29 is 26.2 Å². The van der Waals surface area contributed by atoms with Gasteiger partial charge in [0, 0.05) is 19.0 Å². The SMILES string of the molecule is CC(C)c1c[cH-]c(C(C)C)c1.CC(C)c1cc[cH-]c1.C[SiH]C.C[SiH]C.Cl.Cl.[Zr+2]. The molecule has 0 aliphatic carbocycles. The van der Waals surface area contributed by atoms with Crippen molar-refractivity contribution in [3.05, 3.63) is 59.2 Å². The zero-order valence-electron chi connectivity index (χ0n) is 19.7. The molecule has 0 aromatic heterocycles. The molecule has 0 unspecified atom stereocenters. The van der Waals surface area contributed by atoms with E-state index in [1.165, 1.54) is 16.7 Å². The molecule has 0 aliphatic heterocycles. The minimum Gasteiger partial charge on any atom is -0.210 e. The molecule has 0 heterocycles. The van der Waals surface area contributed by atoms with Gasteiger partial charge in [0.1, 0.15) is 0 Å². The van der Waals surface area contributed by atoms with Gasteiger partial charge in [0.2, 0.25) is 0 Å². The van der Waals surface area contributed by atoms with Gasteiger partial charge >= 0.3 is 26.2 Å². The van der Waals surface area contributed by atoms with Crippen LogP contribution in [0.1, 0.15) is 76.0 Å². The Labute approximate surface area is 213 Å². The molecule has 0 saturated heterocycles. The molecule has 2 rings (SSSR count). The van der Waals surface area contributed by atoms with E-state index < -0.39 is 0 Å². The Balaban J connectivity index is -0.0000000925. The second-order valence-corrected chi connectivity index (χ2v) is 9.62. The minimum atomic E-state index is 0. The first kappa shape index (κ1) is 39.1. The van der Waals surface area contributed by atoms with Crippen molar-refractivity contribution in [3.8, 4) is 0 Å². The third kappa shape index (κ3) is 21.3.